The van der Waals surface area contributed by atoms with Gasteiger partial charge in [0.05, 0.1) is 33.8 Å². The fraction of sp³-hybridized carbons (Fsp3) is 0.0769. The van der Waals surface area contributed by atoms with Gasteiger partial charge in [-0.05, 0) is 93.5 Å². The zero-order valence-corrected chi connectivity index (χ0v) is 38.6. The lowest BCUT2D eigenvalue weighted by Crippen LogP contribution is -2.30. The number of para-hydroxylation sites is 3. The normalized spacial score (nSPS) is 14.9. The monoisotopic (exact) mass is 884 g/mol. The molecular formula is C65H48N4. The van der Waals surface area contributed by atoms with Crippen LogP contribution in [0.4, 0.5) is 17.1 Å². The Bertz CT molecular complexity index is 3840. The van der Waals surface area contributed by atoms with Crippen molar-refractivity contribution in [2.45, 2.75) is 31.6 Å². The van der Waals surface area contributed by atoms with Crippen molar-refractivity contribution in [2.75, 3.05) is 4.90 Å². The van der Waals surface area contributed by atoms with E-state index in [0.29, 0.717) is 0 Å². The summed E-state index contributed by atoms with van der Waals surface area (Å²) in [7, 11) is 0. The average Bonchev–Trinajstić information content (AvgIpc) is 3.77. The van der Waals surface area contributed by atoms with Crippen LogP contribution in [0.25, 0.3) is 83.0 Å². The zero-order valence-electron chi connectivity index (χ0n) is 38.6. The number of allylic oxidation sites excluding steroid dienone is 4. The molecule has 1 aliphatic heterocycles. The van der Waals surface area contributed by atoms with Crippen molar-refractivity contribution in [3.8, 4) is 50.5 Å². The molecule has 13 rings (SSSR count). The van der Waals surface area contributed by atoms with Crippen LogP contribution in [-0.4, -0.2) is 14.5 Å². The summed E-state index contributed by atoms with van der Waals surface area (Å²) in [6.45, 7) is 4.72. The van der Waals surface area contributed by atoms with Gasteiger partial charge in [0.25, 0.3) is 0 Å². The first-order valence-corrected chi connectivity index (χ1v) is 24.0. The minimum atomic E-state index is -0.202. The van der Waals surface area contributed by atoms with Crippen molar-refractivity contribution in [1.29, 1.82) is 0 Å². The number of benzene rings is 9. The second kappa shape index (κ2) is 16.3. The lowest BCUT2D eigenvalue weighted by Gasteiger charge is -2.42. The van der Waals surface area contributed by atoms with Crippen molar-refractivity contribution >= 4 is 49.6 Å². The lowest BCUT2D eigenvalue weighted by molar-refractivity contribution is 0.632. The van der Waals surface area contributed by atoms with Crippen molar-refractivity contribution in [3.63, 3.8) is 0 Å². The van der Waals surface area contributed by atoms with Crippen molar-refractivity contribution in [3.05, 3.63) is 254 Å². The molecular weight excluding hydrogens is 837 g/mol. The molecule has 1 unspecified atom stereocenters. The SMILES string of the molecule is CC1(C)c2ccccc2N(c2ccccc2)c2cc(-c3cccc4c5c6ccccc6ccc5n(-c5cccc(-c6cc(-c7ccc(-c8ccccc8)cc7)nc(C7C=CC=CC7)n6)c5)c34)ccc21. The van der Waals surface area contributed by atoms with Gasteiger partial charge in [0.2, 0.25) is 0 Å². The van der Waals surface area contributed by atoms with Gasteiger partial charge in [-0.25, -0.2) is 9.97 Å². The van der Waals surface area contributed by atoms with Crippen LogP contribution in [0.2, 0.25) is 0 Å². The van der Waals surface area contributed by atoms with Crippen LogP contribution in [-0.2, 0) is 5.41 Å². The van der Waals surface area contributed by atoms with Crippen LogP contribution in [0, 0.1) is 0 Å². The van der Waals surface area contributed by atoms with Gasteiger partial charge in [0.1, 0.15) is 5.82 Å². The first-order chi connectivity index (χ1) is 34.0. The molecule has 11 aromatic rings. The van der Waals surface area contributed by atoms with E-state index in [2.05, 4.69) is 260 Å². The fourth-order valence-electron chi connectivity index (χ4n) is 11.0. The zero-order chi connectivity index (χ0) is 46.1. The summed E-state index contributed by atoms with van der Waals surface area (Å²) < 4.78 is 2.49. The van der Waals surface area contributed by atoms with Crippen molar-refractivity contribution in [2.24, 2.45) is 0 Å². The first kappa shape index (κ1) is 40.7. The van der Waals surface area contributed by atoms with Crippen LogP contribution in [0.1, 0.15) is 43.1 Å². The van der Waals surface area contributed by atoms with Gasteiger partial charge in [-0.2, -0.15) is 0 Å². The molecule has 9 aromatic carbocycles. The van der Waals surface area contributed by atoms with Gasteiger partial charge in [-0.15, -0.1) is 0 Å². The van der Waals surface area contributed by atoms with E-state index in [1.54, 1.807) is 0 Å². The molecule has 0 spiro atoms. The maximum absolute atomic E-state index is 5.36. The molecule has 0 radical (unpaired) electrons. The van der Waals surface area contributed by atoms with E-state index in [4.69, 9.17) is 9.97 Å². The summed E-state index contributed by atoms with van der Waals surface area (Å²) in [5.41, 5.74) is 18.0. The molecule has 3 heterocycles. The number of aromatic nitrogens is 3. The van der Waals surface area contributed by atoms with E-state index in [1.165, 1.54) is 66.3 Å². The summed E-state index contributed by atoms with van der Waals surface area (Å²) in [6, 6.07) is 77.4. The van der Waals surface area contributed by atoms with Crippen LogP contribution in [0.3, 0.4) is 0 Å². The van der Waals surface area contributed by atoms with E-state index in [1.807, 2.05) is 0 Å². The summed E-state index contributed by atoms with van der Waals surface area (Å²) in [6.07, 6.45) is 9.52. The smallest absolute Gasteiger partial charge is 0.136 e. The quantitative estimate of drug-likeness (QED) is 0.160. The Balaban J connectivity index is 1.01. The molecule has 0 bridgehead atoms. The average molecular weight is 885 g/mol. The highest BCUT2D eigenvalue weighted by atomic mass is 15.2. The molecule has 0 fully saturated rings. The van der Waals surface area contributed by atoms with Crippen LogP contribution in [0.15, 0.2) is 237 Å². The predicted octanol–water partition coefficient (Wildman–Crippen LogP) is 17.1. The van der Waals surface area contributed by atoms with Crippen molar-refractivity contribution < 1.29 is 0 Å². The highest BCUT2D eigenvalue weighted by Gasteiger charge is 2.37. The molecule has 4 nitrogen and oxygen atoms in total. The highest BCUT2D eigenvalue weighted by Crippen LogP contribution is 2.53. The topological polar surface area (TPSA) is 34.0 Å². The predicted molar refractivity (Wildman–Crippen MR) is 288 cm³/mol. The number of hydrogen-bond acceptors (Lipinski definition) is 3. The van der Waals surface area contributed by atoms with Gasteiger partial charge in [-0.1, -0.05) is 202 Å². The summed E-state index contributed by atoms with van der Waals surface area (Å²) in [4.78, 5) is 13.1. The second-order valence-electron chi connectivity index (χ2n) is 18.9. The van der Waals surface area contributed by atoms with E-state index < -0.39 is 0 Å². The number of rotatable bonds is 7. The molecule has 328 valence electrons. The summed E-state index contributed by atoms with van der Waals surface area (Å²) in [5.74, 6) is 0.913. The Morgan fingerprint density at radius 2 is 1.13 bits per heavy atom. The van der Waals surface area contributed by atoms with Gasteiger partial charge in [0, 0.05) is 50.2 Å². The molecule has 0 amide bonds. The van der Waals surface area contributed by atoms with Gasteiger partial charge < -0.3 is 9.47 Å². The Hall–Kier alpha value is -8.60. The molecule has 2 aromatic heterocycles. The molecule has 0 saturated carbocycles. The summed E-state index contributed by atoms with van der Waals surface area (Å²) in [5, 5.41) is 4.93. The van der Waals surface area contributed by atoms with Gasteiger partial charge in [-0.3, -0.25) is 0 Å². The van der Waals surface area contributed by atoms with E-state index >= 15 is 0 Å². The molecule has 1 atom stereocenters. The van der Waals surface area contributed by atoms with Crippen LogP contribution in [0.5, 0.6) is 0 Å². The minimum Gasteiger partial charge on any atom is -0.310 e. The molecule has 0 N–H and O–H groups in total. The number of hydrogen-bond donors (Lipinski definition) is 0. The third kappa shape index (κ3) is 6.82. The lowest BCUT2D eigenvalue weighted by atomic mass is 9.73. The summed E-state index contributed by atoms with van der Waals surface area (Å²) >= 11 is 0. The number of anilines is 3. The molecule has 2 aliphatic rings. The first-order valence-electron chi connectivity index (χ1n) is 24.0. The minimum absolute atomic E-state index is 0.0853. The fourth-order valence-corrected chi connectivity index (χ4v) is 11.0. The Morgan fingerprint density at radius 1 is 0.478 bits per heavy atom. The Labute approximate surface area is 402 Å². The molecule has 69 heavy (non-hydrogen) atoms. The van der Waals surface area contributed by atoms with E-state index in [9.17, 15) is 0 Å². The maximum Gasteiger partial charge on any atom is 0.136 e. The standard InChI is InChI=1S/C65H48N4/c1-65(2)55-30-14-15-31-59(55)68(50-24-10-5-11-25-50)61-41-48(36-38-56(61)65)53-28-17-29-54-62-52-27-13-12-20-45(52)37-39-60(62)69(63(53)54)51-26-16-23-49(40-51)58-42-57(66-64(67-58)47-21-8-4-9-22-47)46-34-32-44(33-35-46)43-18-6-3-7-19-43/h3-21,23-42,47H,22H2,1-2H3. The van der Waals surface area contributed by atoms with E-state index in [-0.39, 0.29) is 11.3 Å². The number of fused-ring (bicyclic) bond motifs is 7. The molecule has 1 aliphatic carbocycles. The molecule has 4 heteroatoms. The Morgan fingerprint density at radius 3 is 1.96 bits per heavy atom. The van der Waals surface area contributed by atoms with Gasteiger partial charge in [0.15, 0.2) is 0 Å². The Kier molecular flexibility index (Phi) is 9.62. The number of nitrogens with zero attached hydrogens (tertiary/aromatic N) is 4. The maximum atomic E-state index is 5.36. The third-order valence-corrected chi connectivity index (χ3v) is 14.5. The van der Waals surface area contributed by atoms with Crippen LogP contribution < -0.4 is 4.90 Å². The van der Waals surface area contributed by atoms with Gasteiger partial charge >= 0.3 is 0 Å². The highest BCUT2D eigenvalue weighted by molar-refractivity contribution is 6.23. The van der Waals surface area contributed by atoms with Crippen LogP contribution >= 0.6 is 0 Å². The van der Waals surface area contributed by atoms with E-state index in [0.717, 1.165) is 57.2 Å². The molecule has 0 saturated heterocycles. The van der Waals surface area contributed by atoms with Crippen molar-refractivity contribution in [1.82, 2.24) is 14.5 Å². The third-order valence-electron chi connectivity index (χ3n) is 14.5. The second-order valence-corrected chi connectivity index (χ2v) is 18.9. The largest absolute Gasteiger partial charge is 0.310 e.